The van der Waals surface area contributed by atoms with E-state index in [0.29, 0.717) is 12.1 Å². The summed E-state index contributed by atoms with van der Waals surface area (Å²) in [7, 11) is 0. The first kappa shape index (κ1) is 15.6. The van der Waals surface area contributed by atoms with Crippen LogP contribution in [0.4, 0.5) is 26.3 Å². The van der Waals surface area contributed by atoms with Gasteiger partial charge in [-0.15, -0.1) is 0 Å². The van der Waals surface area contributed by atoms with Crippen molar-refractivity contribution in [1.29, 1.82) is 0 Å². The highest BCUT2D eigenvalue weighted by molar-refractivity contribution is 5.65. The SMILES string of the molecule is C/C(=C/CO)c1cc(C(F)(F)F)cc(C(F)(F)F)c1. The van der Waals surface area contributed by atoms with E-state index in [2.05, 4.69) is 0 Å². The molecule has 0 saturated carbocycles. The normalized spacial score (nSPS) is 13.8. The molecule has 0 aliphatic carbocycles. The van der Waals surface area contributed by atoms with E-state index in [1.165, 1.54) is 6.92 Å². The van der Waals surface area contributed by atoms with Gasteiger partial charge < -0.3 is 5.11 Å². The Kier molecular flexibility index (Phi) is 4.29. The molecule has 1 nitrogen and oxygen atoms in total. The maximum Gasteiger partial charge on any atom is 0.416 e. The van der Waals surface area contributed by atoms with E-state index >= 15 is 0 Å². The van der Waals surface area contributed by atoms with Crippen LogP contribution in [0.15, 0.2) is 24.3 Å². The summed E-state index contributed by atoms with van der Waals surface area (Å²) in [6, 6.07) is 1.31. The summed E-state index contributed by atoms with van der Waals surface area (Å²) < 4.78 is 75.3. The van der Waals surface area contributed by atoms with Gasteiger partial charge in [-0.25, -0.2) is 0 Å². The van der Waals surface area contributed by atoms with Crippen LogP contribution in [0.2, 0.25) is 0 Å². The third-order valence-electron chi connectivity index (χ3n) is 2.44. The average Bonchev–Trinajstić information content (AvgIpc) is 2.26. The molecule has 0 aliphatic rings. The smallest absolute Gasteiger partial charge is 0.392 e. The lowest BCUT2D eigenvalue weighted by atomic mass is 10.00. The zero-order valence-corrected chi connectivity index (χ0v) is 9.73. The molecule has 0 aliphatic heterocycles. The molecular weight excluding hydrogens is 274 g/mol. The zero-order valence-electron chi connectivity index (χ0n) is 9.73. The van der Waals surface area contributed by atoms with Crippen LogP contribution in [-0.4, -0.2) is 11.7 Å². The Morgan fingerprint density at radius 1 is 1.00 bits per heavy atom. The summed E-state index contributed by atoms with van der Waals surface area (Å²) in [6.07, 6.45) is -8.60. The number of hydrogen-bond donors (Lipinski definition) is 1. The number of rotatable bonds is 2. The molecule has 1 aromatic carbocycles. The second kappa shape index (κ2) is 5.24. The molecule has 0 aromatic heterocycles. The molecule has 0 heterocycles. The molecule has 0 amide bonds. The van der Waals surface area contributed by atoms with E-state index in [1.54, 1.807) is 0 Å². The minimum atomic E-state index is -4.87. The standard InChI is InChI=1S/C12H10F6O/c1-7(2-3-19)8-4-9(11(13,14)15)6-10(5-8)12(16,17)18/h2,4-6,19H,3H2,1H3/b7-2-. The summed E-state index contributed by atoms with van der Waals surface area (Å²) in [4.78, 5) is 0. The van der Waals surface area contributed by atoms with Crippen molar-refractivity contribution in [1.82, 2.24) is 0 Å². The molecule has 1 rings (SSSR count). The summed E-state index contributed by atoms with van der Waals surface area (Å²) >= 11 is 0. The number of hydrogen-bond acceptors (Lipinski definition) is 1. The van der Waals surface area contributed by atoms with Crippen LogP contribution in [-0.2, 0) is 12.4 Å². The fourth-order valence-corrected chi connectivity index (χ4v) is 1.44. The first-order valence-corrected chi connectivity index (χ1v) is 5.13. The van der Waals surface area contributed by atoms with Crippen molar-refractivity contribution in [2.24, 2.45) is 0 Å². The van der Waals surface area contributed by atoms with E-state index in [-0.39, 0.29) is 17.2 Å². The zero-order chi connectivity index (χ0) is 14.8. The summed E-state index contributed by atoms with van der Waals surface area (Å²) in [5.74, 6) is 0. The Morgan fingerprint density at radius 3 is 1.74 bits per heavy atom. The lowest BCUT2D eigenvalue weighted by Crippen LogP contribution is -2.11. The number of benzene rings is 1. The third kappa shape index (κ3) is 3.99. The molecule has 0 atom stereocenters. The molecule has 0 radical (unpaired) electrons. The first-order valence-electron chi connectivity index (χ1n) is 5.13. The van der Waals surface area contributed by atoms with Crippen LogP contribution in [0, 0.1) is 0 Å². The Morgan fingerprint density at radius 2 is 1.42 bits per heavy atom. The Bertz CT molecular complexity index is 452. The maximum absolute atomic E-state index is 12.5. The van der Waals surface area contributed by atoms with Crippen LogP contribution in [0.1, 0.15) is 23.6 Å². The molecule has 1 N–H and O–H groups in total. The fourth-order valence-electron chi connectivity index (χ4n) is 1.44. The van der Waals surface area contributed by atoms with Gasteiger partial charge in [0.2, 0.25) is 0 Å². The predicted octanol–water partition coefficient (Wildman–Crippen LogP) is 4.12. The Hall–Kier alpha value is -1.50. The van der Waals surface area contributed by atoms with E-state index in [9.17, 15) is 26.3 Å². The van der Waals surface area contributed by atoms with Crippen molar-refractivity contribution < 1.29 is 31.4 Å². The molecule has 0 unspecified atom stereocenters. The molecule has 106 valence electrons. The predicted molar refractivity (Wildman–Crippen MR) is 57.2 cm³/mol. The number of aliphatic hydroxyl groups is 1. The number of allylic oxidation sites excluding steroid dienone is 1. The van der Waals surface area contributed by atoms with E-state index in [0.717, 1.165) is 6.08 Å². The minimum Gasteiger partial charge on any atom is -0.392 e. The van der Waals surface area contributed by atoms with Crippen molar-refractivity contribution >= 4 is 5.57 Å². The molecule has 0 saturated heterocycles. The molecule has 0 bridgehead atoms. The second-order valence-corrected chi connectivity index (χ2v) is 3.86. The van der Waals surface area contributed by atoms with Crippen molar-refractivity contribution in [3.63, 3.8) is 0 Å². The number of halogens is 6. The molecule has 0 spiro atoms. The highest BCUT2D eigenvalue weighted by Crippen LogP contribution is 2.37. The summed E-state index contributed by atoms with van der Waals surface area (Å²) in [5.41, 5.74) is -2.83. The molecular formula is C12H10F6O. The van der Waals surface area contributed by atoms with Crippen molar-refractivity contribution in [2.75, 3.05) is 6.61 Å². The van der Waals surface area contributed by atoms with Gasteiger partial charge in [0.15, 0.2) is 0 Å². The van der Waals surface area contributed by atoms with Crippen molar-refractivity contribution in [3.8, 4) is 0 Å². The molecule has 7 heteroatoms. The van der Waals surface area contributed by atoms with E-state index < -0.39 is 30.1 Å². The monoisotopic (exact) mass is 284 g/mol. The van der Waals surface area contributed by atoms with Gasteiger partial charge in [-0.2, -0.15) is 26.3 Å². The maximum atomic E-state index is 12.5. The van der Waals surface area contributed by atoms with Gasteiger partial charge in [-0.3, -0.25) is 0 Å². The lowest BCUT2D eigenvalue weighted by molar-refractivity contribution is -0.143. The van der Waals surface area contributed by atoms with Gasteiger partial charge in [0, 0.05) is 0 Å². The Labute approximate surface area is 105 Å². The van der Waals surface area contributed by atoms with Crippen LogP contribution >= 0.6 is 0 Å². The topological polar surface area (TPSA) is 20.2 Å². The van der Waals surface area contributed by atoms with Gasteiger partial charge in [0.1, 0.15) is 0 Å². The van der Waals surface area contributed by atoms with Crippen molar-refractivity contribution in [2.45, 2.75) is 19.3 Å². The van der Waals surface area contributed by atoms with E-state index in [4.69, 9.17) is 5.11 Å². The average molecular weight is 284 g/mol. The van der Waals surface area contributed by atoms with Crippen LogP contribution in [0.25, 0.3) is 5.57 Å². The highest BCUT2D eigenvalue weighted by Gasteiger charge is 2.36. The lowest BCUT2D eigenvalue weighted by Gasteiger charge is -2.14. The van der Waals surface area contributed by atoms with Crippen LogP contribution < -0.4 is 0 Å². The third-order valence-corrected chi connectivity index (χ3v) is 2.44. The van der Waals surface area contributed by atoms with Gasteiger partial charge >= 0.3 is 12.4 Å². The number of aliphatic hydroxyl groups excluding tert-OH is 1. The van der Waals surface area contributed by atoms with Crippen LogP contribution in [0.3, 0.4) is 0 Å². The quantitative estimate of drug-likeness (QED) is 0.810. The number of alkyl halides is 6. The largest absolute Gasteiger partial charge is 0.416 e. The summed E-state index contributed by atoms with van der Waals surface area (Å²) in [5, 5.41) is 8.64. The molecule has 19 heavy (non-hydrogen) atoms. The van der Waals surface area contributed by atoms with Gasteiger partial charge in [-0.05, 0) is 36.3 Å². The van der Waals surface area contributed by atoms with Crippen LogP contribution in [0.5, 0.6) is 0 Å². The van der Waals surface area contributed by atoms with Gasteiger partial charge in [-0.1, -0.05) is 6.08 Å². The van der Waals surface area contributed by atoms with Gasteiger partial charge in [0.05, 0.1) is 17.7 Å². The highest BCUT2D eigenvalue weighted by atomic mass is 19.4. The second-order valence-electron chi connectivity index (χ2n) is 3.86. The summed E-state index contributed by atoms with van der Waals surface area (Å²) in [6.45, 7) is 0.856. The van der Waals surface area contributed by atoms with E-state index in [1.807, 2.05) is 0 Å². The molecule has 1 aromatic rings. The fraction of sp³-hybridized carbons (Fsp3) is 0.333. The first-order chi connectivity index (χ1) is 8.55. The Balaban J connectivity index is 3.46. The minimum absolute atomic E-state index is 0.0652. The molecule has 0 fully saturated rings. The van der Waals surface area contributed by atoms with Crippen molar-refractivity contribution in [3.05, 3.63) is 41.0 Å². The van der Waals surface area contributed by atoms with Gasteiger partial charge in [0.25, 0.3) is 0 Å².